The number of nitrogens with one attached hydrogen (secondary N) is 1. The molecule has 1 aromatic carbocycles. The summed E-state index contributed by atoms with van der Waals surface area (Å²) in [4.78, 5) is 16.8. The topological polar surface area (TPSA) is 68.3 Å². The number of furan rings is 2. The third-order valence-corrected chi connectivity index (χ3v) is 4.83. The van der Waals surface area contributed by atoms with Gasteiger partial charge in [-0.05, 0) is 44.2 Å². The van der Waals surface area contributed by atoms with Crippen LogP contribution in [0.3, 0.4) is 0 Å². The average Bonchev–Trinajstić information content (AvgIpc) is 3.33. The molecule has 26 heavy (non-hydrogen) atoms. The molecule has 1 amide bonds. The van der Waals surface area contributed by atoms with Crippen LogP contribution in [0.1, 0.15) is 26.9 Å². The highest BCUT2D eigenvalue weighted by Gasteiger charge is 2.18. The second kappa shape index (κ2) is 6.42. The minimum absolute atomic E-state index is 0.174. The highest BCUT2D eigenvalue weighted by molar-refractivity contribution is 7.09. The number of fused-ring (bicyclic) bond motifs is 1. The lowest BCUT2D eigenvalue weighted by Gasteiger charge is -2.01. The van der Waals surface area contributed by atoms with E-state index in [4.69, 9.17) is 8.83 Å². The van der Waals surface area contributed by atoms with E-state index in [1.54, 1.807) is 24.3 Å². The van der Waals surface area contributed by atoms with Gasteiger partial charge in [-0.2, -0.15) is 0 Å². The van der Waals surface area contributed by atoms with Crippen LogP contribution >= 0.6 is 11.3 Å². The number of thiazole rings is 1. The number of rotatable bonds is 4. The van der Waals surface area contributed by atoms with Crippen molar-refractivity contribution in [2.24, 2.45) is 0 Å². The Labute approximate surface area is 152 Å². The minimum Gasteiger partial charge on any atom is -0.458 e. The summed E-state index contributed by atoms with van der Waals surface area (Å²) >= 11 is 1.55. The fraction of sp³-hybridized carbons (Fsp3) is 0.158. The number of aromatic nitrogens is 1. The van der Waals surface area contributed by atoms with E-state index < -0.39 is 0 Å². The normalized spacial score (nSPS) is 11.2. The zero-order chi connectivity index (χ0) is 18.3. The number of carbonyl (C=O) groups is 1. The summed E-state index contributed by atoms with van der Waals surface area (Å²) in [6, 6.07) is 7.80. The van der Waals surface area contributed by atoms with Crippen molar-refractivity contribution < 1.29 is 18.0 Å². The van der Waals surface area contributed by atoms with Gasteiger partial charge in [0.25, 0.3) is 5.91 Å². The molecule has 0 spiro atoms. The Morgan fingerprint density at radius 3 is 2.85 bits per heavy atom. The van der Waals surface area contributed by atoms with Crippen LogP contribution in [0.5, 0.6) is 0 Å². The number of halogens is 1. The highest BCUT2D eigenvalue weighted by atomic mass is 32.1. The summed E-state index contributed by atoms with van der Waals surface area (Å²) in [7, 11) is 0. The Morgan fingerprint density at radius 2 is 2.08 bits per heavy atom. The summed E-state index contributed by atoms with van der Waals surface area (Å²) in [5.41, 5.74) is 1.86. The van der Waals surface area contributed by atoms with Crippen LogP contribution < -0.4 is 5.32 Å². The van der Waals surface area contributed by atoms with Crippen molar-refractivity contribution >= 4 is 28.2 Å². The van der Waals surface area contributed by atoms with Gasteiger partial charge in [-0.15, -0.1) is 11.3 Å². The molecule has 5 nitrogen and oxygen atoms in total. The fourth-order valence-corrected chi connectivity index (χ4v) is 3.35. The summed E-state index contributed by atoms with van der Waals surface area (Å²) in [6.07, 6.45) is 0. The SMILES string of the molecule is Cc1nc(-c2ccc(CNC(=O)c3oc4ccc(F)cc4c3C)o2)cs1. The Bertz CT molecular complexity index is 1110. The molecule has 7 heteroatoms. The zero-order valence-electron chi connectivity index (χ0n) is 14.1. The molecule has 0 fully saturated rings. The summed E-state index contributed by atoms with van der Waals surface area (Å²) in [6.45, 7) is 3.88. The number of carbonyl (C=O) groups excluding carboxylic acids is 1. The van der Waals surface area contributed by atoms with Gasteiger partial charge in [-0.25, -0.2) is 9.37 Å². The molecule has 3 heterocycles. The molecule has 4 aromatic rings. The molecule has 0 unspecified atom stereocenters. The number of aryl methyl sites for hydroxylation is 2. The first kappa shape index (κ1) is 16.5. The Kier molecular flexibility index (Phi) is 4.08. The molecular weight excluding hydrogens is 355 g/mol. The largest absolute Gasteiger partial charge is 0.458 e. The van der Waals surface area contributed by atoms with E-state index in [0.717, 1.165) is 10.7 Å². The molecule has 0 aliphatic rings. The molecule has 0 atom stereocenters. The fourth-order valence-electron chi connectivity index (χ4n) is 2.74. The van der Waals surface area contributed by atoms with Gasteiger partial charge < -0.3 is 14.2 Å². The molecule has 0 aliphatic carbocycles. The lowest BCUT2D eigenvalue weighted by molar-refractivity contribution is 0.0921. The van der Waals surface area contributed by atoms with Crippen LogP contribution in [0.25, 0.3) is 22.4 Å². The Hall–Kier alpha value is -2.93. The van der Waals surface area contributed by atoms with Gasteiger partial charge in [0.1, 0.15) is 22.9 Å². The minimum atomic E-state index is -0.374. The van der Waals surface area contributed by atoms with Crippen molar-refractivity contribution in [3.05, 3.63) is 63.6 Å². The van der Waals surface area contributed by atoms with Gasteiger partial charge in [-0.3, -0.25) is 4.79 Å². The van der Waals surface area contributed by atoms with Gasteiger partial charge in [0.05, 0.1) is 11.6 Å². The molecule has 0 aliphatic heterocycles. The molecule has 0 bridgehead atoms. The molecule has 0 saturated heterocycles. The standard InChI is InChI=1S/C19H15FN2O3S/c1-10-14-7-12(20)3-5-16(14)25-18(10)19(23)21-8-13-4-6-17(24-13)15-9-26-11(2)22-15/h3-7,9H,8H2,1-2H3,(H,21,23). The maximum Gasteiger partial charge on any atom is 0.287 e. The maximum absolute atomic E-state index is 13.4. The summed E-state index contributed by atoms with van der Waals surface area (Å²) in [5.74, 6) is 0.704. The number of amides is 1. The van der Waals surface area contributed by atoms with Gasteiger partial charge in [0.2, 0.25) is 0 Å². The number of hydrogen-bond donors (Lipinski definition) is 1. The predicted molar refractivity (Wildman–Crippen MR) is 96.6 cm³/mol. The first-order chi connectivity index (χ1) is 12.5. The van der Waals surface area contributed by atoms with Crippen LogP contribution in [0.15, 0.2) is 44.5 Å². The van der Waals surface area contributed by atoms with Gasteiger partial charge >= 0.3 is 0 Å². The summed E-state index contributed by atoms with van der Waals surface area (Å²) < 4.78 is 24.7. The van der Waals surface area contributed by atoms with E-state index >= 15 is 0 Å². The van der Waals surface area contributed by atoms with E-state index in [1.165, 1.54) is 18.2 Å². The van der Waals surface area contributed by atoms with Crippen LogP contribution in [0.2, 0.25) is 0 Å². The molecule has 0 saturated carbocycles. The molecule has 0 radical (unpaired) electrons. The van der Waals surface area contributed by atoms with Crippen molar-refractivity contribution in [1.29, 1.82) is 0 Å². The van der Waals surface area contributed by atoms with Crippen molar-refractivity contribution in [1.82, 2.24) is 10.3 Å². The van der Waals surface area contributed by atoms with Gasteiger partial charge in [-0.1, -0.05) is 0 Å². The number of benzene rings is 1. The monoisotopic (exact) mass is 370 g/mol. The third kappa shape index (κ3) is 3.01. The van der Waals surface area contributed by atoms with Crippen LogP contribution in [-0.2, 0) is 6.54 Å². The van der Waals surface area contributed by atoms with E-state index in [-0.39, 0.29) is 24.0 Å². The first-order valence-corrected chi connectivity index (χ1v) is 8.87. The summed E-state index contributed by atoms with van der Waals surface area (Å²) in [5, 5.41) is 6.24. The third-order valence-electron chi connectivity index (χ3n) is 4.06. The van der Waals surface area contributed by atoms with E-state index in [0.29, 0.717) is 28.1 Å². The van der Waals surface area contributed by atoms with Crippen LogP contribution in [0, 0.1) is 19.7 Å². The van der Waals surface area contributed by atoms with Crippen molar-refractivity contribution in [2.75, 3.05) is 0 Å². The van der Waals surface area contributed by atoms with Crippen molar-refractivity contribution in [3.8, 4) is 11.5 Å². The average molecular weight is 370 g/mol. The lowest BCUT2D eigenvalue weighted by Crippen LogP contribution is -2.22. The number of hydrogen-bond acceptors (Lipinski definition) is 5. The van der Waals surface area contributed by atoms with Crippen molar-refractivity contribution in [3.63, 3.8) is 0 Å². The lowest BCUT2D eigenvalue weighted by atomic mass is 10.1. The van der Waals surface area contributed by atoms with Gasteiger partial charge in [0, 0.05) is 16.3 Å². The number of nitrogens with zero attached hydrogens (tertiary/aromatic N) is 1. The molecule has 3 aromatic heterocycles. The molecule has 132 valence electrons. The molecule has 4 rings (SSSR count). The predicted octanol–water partition coefficient (Wildman–Crippen LogP) is 4.84. The smallest absolute Gasteiger partial charge is 0.287 e. The molecule has 1 N–H and O–H groups in total. The Morgan fingerprint density at radius 1 is 1.23 bits per heavy atom. The maximum atomic E-state index is 13.4. The highest BCUT2D eigenvalue weighted by Crippen LogP contribution is 2.26. The van der Waals surface area contributed by atoms with Gasteiger partial charge in [0.15, 0.2) is 11.5 Å². The Balaban J connectivity index is 1.49. The second-order valence-corrected chi connectivity index (χ2v) is 6.96. The van der Waals surface area contributed by atoms with Crippen molar-refractivity contribution in [2.45, 2.75) is 20.4 Å². The van der Waals surface area contributed by atoms with Crippen LogP contribution in [0.4, 0.5) is 4.39 Å². The quantitative estimate of drug-likeness (QED) is 0.558. The van der Waals surface area contributed by atoms with E-state index in [9.17, 15) is 9.18 Å². The second-order valence-electron chi connectivity index (χ2n) is 5.90. The zero-order valence-corrected chi connectivity index (χ0v) is 14.9. The van der Waals surface area contributed by atoms with Crippen LogP contribution in [-0.4, -0.2) is 10.9 Å². The van der Waals surface area contributed by atoms with E-state index in [1.807, 2.05) is 18.4 Å². The van der Waals surface area contributed by atoms with E-state index in [2.05, 4.69) is 10.3 Å². The first-order valence-electron chi connectivity index (χ1n) is 7.99. The molecular formula is C19H15FN2O3S.